The van der Waals surface area contributed by atoms with Crippen LogP contribution in [0.2, 0.25) is 5.02 Å². The summed E-state index contributed by atoms with van der Waals surface area (Å²) in [5.41, 5.74) is 1.55. The van der Waals surface area contributed by atoms with E-state index in [4.69, 9.17) is 16.3 Å². The predicted molar refractivity (Wildman–Crippen MR) is 112 cm³/mol. The topological polar surface area (TPSA) is 71.1 Å². The molecule has 4 rings (SSSR count). The molecule has 7 nitrogen and oxygen atoms in total. The Morgan fingerprint density at radius 1 is 1.00 bits per heavy atom. The number of imidazole rings is 1. The third kappa shape index (κ3) is 3.34. The first-order valence-corrected chi connectivity index (χ1v) is 9.39. The minimum Gasteiger partial charge on any atom is -0.425 e. The van der Waals surface area contributed by atoms with Gasteiger partial charge in [-0.25, -0.2) is 4.79 Å². The number of aromatic nitrogens is 4. The van der Waals surface area contributed by atoms with E-state index in [9.17, 15) is 9.59 Å². The Hall–Kier alpha value is -3.32. The van der Waals surface area contributed by atoms with Crippen molar-refractivity contribution in [1.29, 1.82) is 0 Å². The Labute approximate surface area is 171 Å². The Bertz CT molecular complexity index is 1330. The van der Waals surface area contributed by atoms with Gasteiger partial charge in [0.1, 0.15) is 5.75 Å². The summed E-state index contributed by atoms with van der Waals surface area (Å²) in [7, 11) is 3.03. The minimum atomic E-state index is -0.443. The van der Waals surface area contributed by atoms with Gasteiger partial charge in [-0.15, -0.1) is 0 Å². The lowest BCUT2D eigenvalue weighted by atomic mass is 10.2. The zero-order chi connectivity index (χ0) is 20.7. The third-order valence-electron chi connectivity index (χ3n) is 4.86. The summed E-state index contributed by atoms with van der Waals surface area (Å²) in [6.07, 6.45) is 0. The molecule has 0 N–H and O–H groups in total. The molecule has 0 aliphatic rings. The number of hydrogen-bond donors (Lipinski definition) is 0. The third-order valence-corrected chi connectivity index (χ3v) is 5.11. The van der Waals surface area contributed by atoms with Crippen molar-refractivity contribution in [3.8, 4) is 11.8 Å². The molecule has 0 amide bonds. The zero-order valence-electron chi connectivity index (χ0n) is 16.2. The molecule has 0 saturated heterocycles. The number of ether oxygens (including phenoxy) is 1. The van der Waals surface area contributed by atoms with Crippen molar-refractivity contribution in [3.63, 3.8) is 0 Å². The van der Waals surface area contributed by atoms with Crippen LogP contribution in [-0.4, -0.2) is 18.7 Å². The molecule has 0 atom stereocenters. The maximum atomic E-state index is 12.9. The zero-order valence-corrected chi connectivity index (χ0v) is 17.0. The van der Waals surface area contributed by atoms with Crippen LogP contribution in [0, 0.1) is 6.92 Å². The van der Waals surface area contributed by atoms with Crippen LogP contribution in [0.5, 0.6) is 11.8 Å². The summed E-state index contributed by atoms with van der Waals surface area (Å²) in [6.45, 7) is 2.26. The van der Waals surface area contributed by atoms with Gasteiger partial charge in [-0.1, -0.05) is 41.9 Å². The molecule has 29 heavy (non-hydrogen) atoms. The van der Waals surface area contributed by atoms with Gasteiger partial charge in [0, 0.05) is 19.1 Å². The minimum absolute atomic E-state index is 0.238. The smallest absolute Gasteiger partial charge is 0.332 e. The van der Waals surface area contributed by atoms with Crippen LogP contribution in [0.25, 0.3) is 11.2 Å². The van der Waals surface area contributed by atoms with Gasteiger partial charge in [0.2, 0.25) is 0 Å². The average Bonchev–Trinajstić information content (AvgIpc) is 3.06. The van der Waals surface area contributed by atoms with Crippen LogP contribution < -0.4 is 16.0 Å². The lowest BCUT2D eigenvalue weighted by molar-refractivity contribution is 0.418. The molecule has 2 aromatic carbocycles. The lowest BCUT2D eigenvalue weighted by Crippen LogP contribution is -2.37. The van der Waals surface area contributed by atoms with Gasteiger partial charge in [-0.3, -0.25) is 18.5 Å². The predicted octanol–water partition coefficient (Wildman–Crippen LogP) is 3.24. The molecule has 2 aromatic heterocycles. The standard InChI is InChI=1S/C21H19ClN4O3/c1-13-6-4-5-7-16(13)29-20-23-18-17(19(27)25(3)21(28)24(18)2)26(20)12-14-8-10-15(22)11-9-14/h4-11H,12H2,1-3H3. The van der Waals surface area contributed by atoms with Crippen LogP contribution in [0.4, 0.5) is 0 Å². The van der Waals surface area contributed by atoms with Crippen molar-refractivity contribution < 1.29 is 4.74 Å². The Morgan fingerprint density at radius 2 is 1.69 bits per heavy atom. The summed E-state index contributed by atoms with van der Waals surface area (Å²) < 4.78 is 10.2. The van der Waals surface area contributed by atoms with E-state index in [1.165, 1.54) is 11.6 Å². The molecule has 0 saturated carbocycles. The number of halogens is 1. The van der Waals surface area contributed by atoms with E-state index in [0.717, 1.165) is 15.7 Å². The van der Waals surface area contributed by atoms with E-state index in [0.29, 0.717) is 22.8 Å². The van der Waals surface area contributed by atoms with Gasteiger partial charge in [-0.05, 0) is 36.2 Å². The molecular weight excluding hydrogens is 392 g/mol. The molecule has 0 fully saturated rings. The van der Waals surface area contributed by atoms with Gasteiger partial charge in [-0.2, -0.15) is 4.98 Å². The maximum absolute atomic E-state index is 12.9. The summed E-state index contributed by atoms with van der Waals surface area (Å²) in [6, 6.07) is 15.1. The van der Waals surface area contributed by atoms with Crippen molar-refractivity contribution in [2.45, 2.75) is 13.5 Å². The highest BCUT2D eigenvalue weighted by Gasteiger charge is 2.21. The van der Waals surface area contributed by atoms with Crippen molar-refractivity contribution in [2.75, 3.05) is 0 Å². The normalized spacial score (nSPS) is 11.2. The van der Waals surface area contributed by atoms with Gasteiger partial charge in [0.25, 0.3) is 5.56 Å². The summed E-state index contributed by atoms with van der Waals surface area (Å²) in [4.78, 5) is 29.8. The fraction of sp³-hybridized carbons (Fsp3) is 0.190. The van der Waals surface area contributed by atoms with Gasteiger partial charge < -0.3 is 4.74 Å². The molecular formula is C21H19ClN4O3. The number of hydrogen-bond acceptors (Lipinski definition) is 4. The van der Waals surface area contributed by atoms with Crippen molar-refractivity contribution in [2.24, 2.45) is 14.1 Å². The Morgan fingerprint density at radius 3 is 2.38 bits per heavy atom. The maximum Gasteiger partial charge on any atom is 0.332 e. The first kappa shape index (κ1) is 19.0. The molecule has 0 spiro atoms. The first-order chi connectivity index (χ1) is 13.9. The number of benzene rings is 2. The second-order valence-electron chi connectivity index (χ2n) is 6.85. The van der Waals surface area contributed by atoms with Crippen LogP contribution in [-0.2, 0) is 20.6 Å². The highest BCUT2D eigenvalue weighted by atomic mass is 35.5. The second-order valence-corrected chi connectivity index (χ2v) is 7.29. The largest absolute Gasteiger partial charge is 0.425 e. The lowest BCUT2D eigenvalue weighted by Gasteiger charge is -2.11. The van der Waals surface area contributed by atoms with Crippen molar-refractivity contribution >= 4 is 22.8 Å². The van der Waals surface area contributed by atoms with E-state index in [-0.39, 0.29) is 11.7 Å². The van der Waals surface area contributed by atoms with Crippen LogP contribution >= 0.6 is 11.6 Å². The summed E-state index contributed by atoms with van der Waals surface area (Å²) >= 11 is 5.99. The Balaban J connectivity index is 1.96. The van der Waals surface area contributed by atoms with E-state index in [1.54, 1.807) is 23.7 Å². The number of fused-ring (bicyclic) bond motifs is 1. The molecule has 0 bridgehead atoms. The van der Waals surface area contributed by atoms with Gasteiger partial charge >= 0.3 is 11.7 Å². The highest BCUT2D eigenvalue weighted by molar-refractivity contribution is 6.30. The number of aryl methyl sites for hydroxylation is 2. The van der Waals surface area contributed by atoms with Gasteiger partial charge in [0.05, 0.1) is 6.54 Å². The quantitative estimate of drug-likeness (QED) is 0.518. The van der Waals surface area contributed by atoms with E-state index in [2.05, 4.69) is 4.98 Å². The molecule has 0 radical (unpaired) electrons. The molecule has 2 heterocycles. The van der Waals surface area contributed by atoms with Crippen molar-refractivity contribution in [3.05, 3.63) is 85.5 Å². The number of rotatable bonds is 4. The van der Waals surface area contributed by atoms with E-state index < -0.39 is 11.2 Å². The fourth-order valence-electron chi connectivity index (χ4n) is 3.19. The molecule has 8 heteroatoms. The van der Waals surface area contributed by atoms with Crippen LogP contribution in [0.3, 0.4) is 0 Å². The monoisotopic (exact) mass is 410 g/mol. The second kappa shape index (κ2) is 7.25. The number of para-hydroxylation sites is 1. The summed E-state index contributed by atoms with van der Waals surface area (Å²) in [5, 5.41) is 0.624. The van der Waals surface area contributed by atoms with E-state index in [1.807, 2.05) is 43.3 Å². The van der Waals surface area contributed by atoms with Crippen molar-refractivity contribution in [1.82, 2.24) is 18.7 Å². The molecule has 148 valence electrons. The molecule has 4 aromatic rings. The molecule has 0 aliphatic carbocycles. The number of nitrogens with zero attached hydrogens (tertiary/aromatic N) is 4. The molecule has 0 aliphatic heterocycles. The van der Waals surface area contributed by atoms with Crippen LogP contribution in [0.1, 0.15) is 11.1 Å². The SMILES string of the molecule is Cc1ccccc1Oc1nc2c(c(=O)n(C)c(=O)n2C)n1Cc1ccc(Cl)cc1. The first-order valence-electron chi connectivity index (χ1n) is 9.01. The summed E-state index contributed by atoms with van der Waals surface area (Å²) in [5.74, 6) is 0.627. The van der Waals surface area contributed by atoms with Crippen LogP contribution in [0.15, 0.2) is 58.1 Å². The highest BCUT2D eigenvalue weighted by Crippen LogP contribution is 2.27. The van der Waals surface area contributed by atoms with Gasteiger partial charge in [0.15, 0.2) is 11.2 Å². The average molecular weight is 411 g/mol. The molecule has 0 unspecified atom stereocenters. The van der Waals surface area contributed by atoms with E-state index >= 15 is 0 Å². The Kier molecular flexibility index (Phi) is 4.76. The fourth-order valence-corrected chi connectivity index (χ4v) is 3.32.